The lowest BCUT2D eigenvalue weighted by Crippen LogP contribution is -2.33. The minimum atomic E-state index is 0.373. The van der Waals surface area contributed by atoms with Crippen LogP contribution in [-0.2, 0) is 6.54 Å². The van der Waals surface area contributed by atoms with Gasteiger partial charge >= 0.3 is 0 Å². The smallest absolute Gasteiger partial charge is 0.122 e. The lowest BCUT2D eigenvalue weighted by Gasteiger charge is -2.26. The van der Waals surface area contributed by atoms with Crippen LogP contribution in [-0.4, -0.2) is 24.5 Å². The fourth-order valence-corrected chi connectivity index (χ4v) is 3.36. The van der Waals surface area contributed by atoms with E-state index in [1.165, 1.54) is 30.8 Å². The second kappa shape index (κ2) is 6.37. The summed E-state index contributed by atoms with van der Waals surface area (Å²) in [4.78, 5) is 3.92. The predicted molar refractivity (Wildman–Crippen MR) is 78.3 cm³/mol. The average Bonchev–Trinajstić information content (AvgIpc) is 3.15. The van der Waals surface area contributed by atoms with E-state index in [9.17, 15) is 0 Å². The zero-order chi connectivity index (χ0) is 12.9. The molecule has 1 aliphatic heterocycles. The highest BCUT2D eigenvalue weighted by Gasteiger charge is 2.24. The van der Waals surface area contributed by atoms with E-state index in [-0.39, 0.29) is 0 Å². The van der Waals surface area contributed by atoms with Crippen molar-refractivity contribution in [2.75, 3.05) is 19.6 Å². The Hall–Kier alpha value is -1.10. The van der Waals surface area contributed by atoms with E-state index in [4.69, 9.17) is 4.42 Å². The molecule has 0 aromatic carbocycles. The first kappa shape index (κ1) is 12.9. The maximum Gasteiger partial charge on any atom is 0.122 e. The molecule has 3 heterocycles. The van der Waals surface area contributed by atoms with Crippen molar-refractivity contribution in [3.8, 4) is 0 Å². The van der Waals surface area contributed by atoms with Crippen LogP contribution >= 0.6 is 11.3 Å². The normalized spacial score (nSPS) is 17.9. The Morgan fingerprint density at radius 2 is 2.16 bits per heavy atom. The number of rotatable bonds is 6. The second-order valence-electron chi connectivity index (χ2n) is 4.98. The van der Waals surface area contributed by atoms with Crippen molar-refractivity contribution in [1.29, 1.82) is 0 Å². The molecule has 0 aliphatic carbocycles. The summed E-state index contributed by atoms with van der Waals surface area (Å²) in [5.41, 5.74) is 0. The third-order valence-electron chi connectivity index (χ3n) is 3.67. The van der Waals surface area contributed by atoms with E-state index >= 15 is 0 Å². The lowest BCUT2D eigenvalue weighted by molar-refractivity contribution is 0.209. The molecule has 1 N–H and O–H groups in total. The first-order valence-electron chi connectivity index (χ1n) is 6.94. The fraction of sp³-hybridized carbons (Fsp3) is 0.467. The van der Waals surface area contributed by atoms with E-state index in [1.807, 2.05) is 6.07 Å². The zero-order valence-electron chi connectivity index (χ0n) is 11.0. The van der Waals surface area contributed by atoms with E-state index in [0.717, 1.165) is 18.8 Å². The first-order chi connectivity index (χ1) is 9.43. The van der Waals surface area contributed by atoms with Crippen LogP contribution in [0.4, 0.5) is 0 Å². The lowest BCUT2D eigenvalue weighted by atomic mass is 10.2. The Labute approximate surface area is 118 Å². The van der Waals surface area contributed by atoms with Gasteiger partial charge in [0.25, 0.3) is 0 Å². The summed E-state index contributed by atoms with van der Waals surface area (Å²) in [6.07, 6.45) is 4.39. The molecular weight excluding hydrogens is 256 g/mol. The average molecular weight is 276 g/mol. The van der Waals surface area contributed by atoms with Crippen LogP contribution in [0.2, 0.25) is 0 Å². The van der Waals surface area contributed by atoms with Gasteiger partial charge in [0.2, 0.25) is 0 Å². The summed E-state index contributed by atoms with van der Waals surface area (Å²) in [6.45, 7) is 4.27. The van der Waals surface area contributed by atoms with E-state index in [2.05, 4.69) is 33.8 Å². The largest absolute Gasteiger partial charge is 0.468 e. The Morgan fingerprint density at radius 3 is 2.84 bits per heavy atom. The van der Waals surface area contributed by atoms with Crippen molar-refractivity contribution in [2.24, 2.45) is 0 Å². The van der Waals surface area contributed by atoms with Crippen molar-refractivity contribution in [3.63, 3.8) is 0 Å². The second-order valence-corrected chi connectivity index (χ2v) is 6.02. The monoisotopic (exact) mass is 276 g/mol. The van der Waals surface area contributed by atoms with Crippen LogP contribution in [0.15, 0.2) is 40.3 Å². The Bertz CT molecular complexity index is 460. The van der Waals surface area contributed by atoms with Gasteiger partial charge in [0.1, 0.15) is 5.76 Å². The quantitative estimate of drug-likeness (QED) is 0.878. The number of hydrogen-bond acceptors (Lipinski definition) is 4. The molecule has 2 aromatic rings. The van der Waals surface area contributed by atoms with Gasteiger partial charge in [0, 0.05) is 18.0 Å². The van der Waals surface area contributed by atoms with Crippen molar-refractivity contribution in [2.45, 2.75) is 25.4 Å². The summed E-state index contributed by atoms with van der Waals surface area (Å²) in [7, 11) is 0. The highest BCUT2D eigenvalue weighted by molar-refractivity contribution is 7.09. The number of thiophene rings is 1. The maximum atomic E-state index is 5.62. The standard InChI is InChI=1S/C15H20N2OS/c1-2-8-17(7-1)14(15-6-3-9-18-15)12-16-11-13-5-4-10-19-13/h3-6,9-10,14,16H,1-2,7-8,11-12H2/t14-/m1/s1. The van der Waals surface area contributed by atoms with Crippen LogP contribution in [0.1, 0.15) is 29.5 Å². The van der Waals surface area contributed by atoms with Crippen LogP contribution in [0.25, 0.3) is 0 Å². The van der Waals surface area contributed by atoms with E-state index in [1.54, 1.807) is 17.6 Å². The molecule has 3 nitrogen and oxygen atoms in total. The predicted octanol–water partition coefficient (Wildman–Crippen LogP) is 3.27. The Morgan fingerprint density at radius 1 is 1.26 bits per heavy atom. The highest BCUT2D eigenvalue weighted by atomic mass is 32.1. The molecule has 0 amide bonds. The van der Waals surface area contributed by atoms with Gasteiger partial charge in [0.05, 0.1) is 12.3 Å². The van der Waals surface area contributed by atoms with Gasteiger partial charge in [-0.25, -0.2) is 0 Å². The summed E-state index contributed by atoms with van der Waals surface area (Å²) in [5, 5.41) is 5.69. The molecule has 1 aliphatic rings. The summed E-state index contributed by atoms with van der Waals surface area (Å²) < 4.78 is 5.62. The Balaban J connectivity index is 1.59. The molecule has 1 atom stereocenters. The number of furan rings is 1. The van der Waals surface area contributed by atoms with Crippen LogP contribution in [0.3, 0.4) is 0 Å². The van der Waals surface area contributed by atoms with Gasteiger partial charge in [-0.15, -0.1) is 11.3 Å². The molecule has 102 valence electrons. The van der Waals surface area contributed by atoms with Gasteiger partial charge in [-0.1, -0.05) is 6.07 Å². The van der Waals surface area contributed by atoms with Crippen molar-refractivity contribution in [1.82, 2.24) is 10.2 Å². The van der Waals surface area contributed by atoms with Crippen molar-refractivity contribution >= 4 is 11.3 Å². The number of likely N-dealkylation sites (tertiary alicyclic amines) is 1. The summed E-state index contributed by atoms with van der Waals surface area (Å²) in [5.74, 6) is 1.08. The van der Waals surface area contributed by atoms with Crippen LogP contribution < -0.4 is 5.32 Å². The summed E-state index contributed by atoms with van der Waals surface area (Å²) in [6, 6.07) is 8.73. The van der Waals surface area contributed by atoms with Gasteiger partial charge in [-0.2, -0.15) is 0 Å². The molecule has 19 heavy (non-hydrogen) atoms. The van der Waals surface area contributed by atoms with Gasteiger partial charge in [-0.3, -0.25) is 4.90 Å². The molecule has 4 heteroatoms. The van der Waals surface area contributed by atoms with E-state index < -0.39 is 0 Å². The molecule has 0 spiro atoms. The molecule has 1 fully saturated rings. The molecular formula is C15H20N2OS. The molecule has 0 radical (unpaired) electrons. The topological polar surface area (TPSA) is 28.4 Å². The van der Waals surface area contributed by atoms with Crippen molar-refractivity contribution < 1.29 is 4.42 Å². The molecule has 0 unspecified atom stereocenters. The first-order valence-corrected chi connectivity index (χ1v) is 7.82. The maximum absolute atomic E-state index is 5.62. The number of hydrogen-bond donors (Lipinski definition) is 1. The molecule has 1 saturated heterocycles. The molecule has 3 rings (SSSR count). The number of nitrogens with zero attached hydrogens (tertiary/aromatic N) is 1. The van der Waals surface area contributed by atoms with Gasteiger partial charge < -0.3 is 9.73 Å². The zero-order valence-corrected chi connectivity index (χ0v) is 11.9. The third-order valence-corrected chi connectivity index (χ3v) is 4.55. The highest BCUT2D eigenvalue weighted by Crippen LogP contribution is 2.25. The van der Waals surface area contributed by atoms with Gasteiger partial charge in [0.15, 0.2) is 0 Å². The minimum absolute atomic E-state index is 0.373. The Kier molecular flexibility index (Phi) is 4.33. The molecule has 0 bridgehead atoms. The molecule has 0 saturated carbocycles. The summed E-state index contributed by atoms with van der Waals surface area (Å²) >= 11 is 1.80. The van der Waals surface area contributed by atoms with Gasteiger partial charge in [-0.05, 0) is 49.5 Å². The fourth-order valence-electron chi connectivity index (χ4n) is 2.69. The third kappa shape index (κ3) is 3.26. The van der Waals surface area contributed by atoms with Crippen LogP contribution in [0.5, 0.6) is 0 Å². The molecule has 2 aromatic heterocycles. The van der Waals surface area contributed by atoms with Crippen LogP contribution in [0, 0.1) is 0 Å². The minimum Gasteiger partial charge on any atom is -0.468 e. The van der Waals surface area contributed by atoms with E-state index in [0.29, 0.717) is 6.04 Å². The van der Waals surface area contributed by atoms with Crippen molar-refractivity contribution in [3.05, 3.63) is 46.5 Å². The SMILES string of the molecule is c1coc([C@@H](CNCc2cccs2)N2CCCC2)c1. The number of nitrogens with one attached hydrogen (secondary N) is 1.